The van der Waals surface area contributed by atoms with E-state index < -0.39 is 5.97 Å². The smallest absolute Gasteiger partial charge is 0.305 e. The van der Waals surface area contributed by atoms with Crippen LogP contribution in [0.2, 0.25) is 0 Å². The van der Waals surface area contributed by atoms with Gasteiger partial charge in [0, 0.05) is 38.0 Å². The van der Waals surface area contributed by atoms with E-state index in [2.05, 4.69) is 28.2 Å². The van der Waals surface area contributed by atoms with Crippen molar-refractivity contribution in [1.82, 2.24) is 14.9 Å². The van der Waals surface area contributed by atoms with E-state index in [4.69, 9.17) is 5.11 Å². The Hall–Kier alpha value is -3.00. The van der Waals surface area contributed by atoms with Crippen molar-refractivity contribution in [3.63, 3.8) is 0 Å². The highest BCUT2D eigenvalue weighted by Crippen LogP contribution is 2.35. The molecule has 0 aliphatic heterocycles. The second-order valence-corrected chi connectivity index (χ2v) is 7.71. The second-order valence-electron chi connectivity index (χ2n) is 6.68. The maximum absolute atomic E-state index is 12.5. The number of benzene rings is 1. The quantitative estimate of drug-likeness (QED) is 0.579. The zero-order valence-corrected chi connectivity index (χ0v) is 17.4. The van der Waals surface area contributed by atoms with Crippen molar-refractivity contribution in [2.75, 3.05) is 31.6 Å². The van der Waals surface area contributed by atoms with Crippen molar-refractivity contribution < 1.29 is 14.7 Å². The lowest BCUT2D eigenvalue weighted by Crippen LogP contribution is -2.35. The molecule has 1 aromatic carbocycles. The Labute approximate surface area is 173 Å². The molecule has 2 aromatic heterocycles. The van der Waals surface area contributed by atoms with Crippen LogP contribution in [0, 0.1) is 0 Å². The van der Waals surface area contributed by atoms with Crippen molar-refractivity contribution in [2.24, 2.45) is 0 Å². The summed E-state index contributed by atoms with van der Waals surface area (Å²) in [5.41, 5.74) is 1.14. The van der Waals surface area contributed by atoms with Crippen LogP contribution in [0.25, 0.3) is 20.7 Å². The summed E-state index contributed by atoms with van der Waals surface area (Å²) >= 11 is 1.62. The van der Waals surface area contributed by atoms with E-state index in [1.165, 1.54) is 0 Å². The average molecular weight is 413 g/mol. The minimum absolute atomic E-state index is 0.0425. The molecule has 0 aliphatic rings. The number of carbonyl (C=O) groups is 2. The van der Waals surface area contributed by atoms with Crippen LogP contribution in [0.15, 0.2) is 42.7 Å². The summed E-state index contributed by atoms with van der Waals surface area (Å²) in [5.74, 6) is -0.167. The molecular formula is C21H24N4O3S. The largest absolute Gasteiger partial charge is 0.481 e. The van der Waals surface area contributed by atoms with Gasteiger partial charge in [0.25, 0.3) is 0 Å². The molecule has 0 saturated heterocycles. The number of carbonyl (C=O) groups excluding carboxylic acids is 1. The van der Waals surface area contributed by atoms with Gasteiger partial charge in [0.15, 0.2) is 0 Å². The van der Waals surface area contributed by atoms with Crippen LogP contribution in [0.5, 0.6) is 0 Å². The van der Waals surface area contributed by atoms with Crippen molar-refractivity contribution >= 4 is 39.2 Å². The molecule has 2 heterocycles. The molecule has 0 aliphatic carbocycles. The van der Waals surface area contributed by atoms with Crippen LogP contribution >= 0.6 is 11.3 Å². The number of hydrogen-bond donors (Lipinski definition) is 1. The molecule has 0 bridgehead atoms. The van der Waals surface area contributed by atoms with Crippen LogP contribution in [0.4, 0.5) is 5.82 Å². The summed E-state index contributed by atoms with van der Waals surface area (Å²) < 4.78 is 0. The Morgan fingerprint density at radius 3 is 2.55 bits per heavy atom. The van der Waals surface area contributed by atoms with E-state index in [1.54, 1.807) is 22.6 Å². The third kappa shape index (κ3) is 5.08. The summed E-state index contributed by atoms with van der Waals surface area (Å²) in [4.78, 5) is 37.6. The van der Waals surface area contributed by atoms with Gasteiger partial charge in [-0.1, -0.05) is 30.3 Å². The zero-order valence-electron chi connectivity index (χ0n) is 16.5. The molecule has 3 rings (SSSR count). The van der Waals surface area contributed by atoms with Crippen LogP contribution in [0.3, 0.4) is 0 Å². The van der Waals surface area contributed by atoms with E-state index in [0.717, 1.165) is 26.5 Å². The van der Waals surface area contributed by atoms with Gasteiger partial charge in [-0.25, -0.2) is 9.97 Å². The highest BCUT2D eigenvalue weighted by Gasteiger charge is 2.17. The third-order valence-corrected chi connectivity index (χ3v) is 5.81. The van der Waals surface area contributed by atoms with E-state index in [0.29, 0.717) is 19.5 Å². The van der Waals surface area contributed by atoms with E-state index >= 15 is 0 Å². The number of nitrogens with zero attached hydrogens (tertiary/aromatic N) is 4. The number of aromatic nitrogens is 2. The summed E-state index contributed by atoms with van der Waals surface area (Å²) in [6.07, 6.45) is 1.80. The normalized spacial score (nSPS) is 10.8. The Bertz CT molecular complexity index is 990. The molecule has 7 nitrogen and oxygen atoms in total. The van der Waals surface area contributed by atoms with Crippen molar-refractivity contribution in [2.45, 2.75) is 19.8 Å². The summed E-state index contributed by atoms with van der Waals surface area (Å²) in [6.45, 7) is 3.08. The number of amides is 1. The molecule has 0 unspecified atom stereocenters. The number of fused-ring (bicyclic) bond motifs is 1. The van der Waals surface area contributed by atoms with Crippen LogP contribution in [-0.2, 0) is 9.59 Å². The first-order valence-corrected chi connectivity index (χ1v) is 10.3. The molecule has 1 amide bonds. The van der Waals surface area contributed by atoms with Crippen LogP contribution < -0.4 is 4.90 Å². The fourth-order valence-corrected chi connectivity index (χ4v) is 4.11. The first-order chi connectivity index (χ1) is 14.0. The van der Waals surface area contributed by atoms with Gasteiger partial charge in [0.1, 0.15) is 17.0 Å². The number of thiophene rings is 1. The van der Waals surface area contributed by atoms with Gasteiger partial charge in [0.05, 0.1) is 11.8 Å². The Balaban J connectivity index is 1.72. The predicted molar refractivity (Wildman–Crippen MR) is 115 cm³/mol. The van der Waals surface area contributed by atoms with E-state index in [9.17, 15) is 9.59 Å². The van der Waals surface area contributed by atoms with Gasteiger partial charge < -0.3 is 14.9 Å². The van der Waals surface area contributed by atoms with Crippen molar-refractivity contribution in [3.8, 4) is 10.4 Å². The molecule has 0 radical (unpaired) electrons. The van der Waals surface area contributed by atoms with Crippen molar-refractivity contribution in [3.05, 3.63) is 42.7 Å². The van der Waals surface area contributed by atoms with Crippen LogP contribution in [-0.4, -0.2) is 58.5 Å². The van der Waals surface area contributed by atoms with Gasteiger partial charge in [-0.05, 0) is 18.6 Å². The molecule has 8 heteroatoms. The predicted octanol–water partition coefficient (Wildman–Crippen LogP) is 3.51. The van der Waals surface area contributed by atoms with Gasteiger partial charge in [-0.3, -0.25) is 9.59 Å². The number of anilines is 1. The molecule has 0 spiro atoms. The van der Waals surface area contributed by atoms with Gasteiger partial charge in [-0.15, -0.1) is 11.3 Å². The molecule has 1 N–H and O–H groups in total. The van der Waals surface area contributed by atoms with Crippen molar-refractivity contribution in [1.29, 1.82) is 0 Å². The number of rotatable bonds is 9. The second kappa shape index (κ2) is 9.47. The summed E-state index contributed by atoms with van der Waals surface area (Å²) in [7, 11) is 1.91. The minimum atomic E-state index is -0.900. The molecular weight excluding hydrogens is 388 g/mol. The lowest BCUT2D eigenvalue weighted by atomic mass is 10.2. The topological polar surface area (TPSA) is 86.6 Å². The summed E-state index contributed by atoms with van der Waals surface area (Å²) in [6, 6.07) is 12.2. The molecule has 0 atom stereocenters. The number of carboxylic acid groups (broad SMARTS) is 1. The minimum Gasteiger partial charge on any atom is -0.481 e. The standard InChI is InChI=1S/C21H24N4O3S/c1-3-25(12-10-19(27)28)18(26)9-11-24(2)20-16-13-17(15-7-5-4-6-8-15)29-21(16)23-14-22-20/h4-8,13-14H,3,9-12H2,1-2H3,(H,27,28). The Kier molecular flexibility index (Phi) is 6.77. The molecule has 152 valence electrons. The Morgan fingerprint density at radius 2 is 1.86 bits per heavy atom. The maximum Gasteiger partial charge on any atom is 0.305 e. The van der Waals surface area contributed by atoms with E-state index in [1.807, 2.05) is 37.1 Å². The maximum atomic E-state index is 12.5. The molecule has 3 aromatic rings. The lowest BCUT2D eigenvalue weighted by molar-refractivity contribution is -0.138. The SMILES string of the molecule is CCN(CCC(=O)O)C(=O)CCN(C)c1ncnc2sc(-c3ccccc3)cc12. The first kappa shape index (κ1) is 20.7. The third-order valence-electron chi connectivity index (χ3n) is 4.72. The molecule has 0 fully saturated rings. The van der Waals surface area contributed by atoms with E-state index in [-0.39, 0.29) is 18.9 Å². The summed E-state index contributed by atoms with van der Waals surface area (Å²) in [5, 5.41) is 9.79. The van der Waals surface area contributed by atoms with Gasteiger partial charge in [0.2, 0.25) is 5.91 Å². The fraction of sp³-hybridized carbons (Fsp3) is 0.333. The monoisotopic (exact) mass is 412 g/mol. The number of hydrogen-bond acceptors (Lipinski definition) is 6. The molecule has 29 heavy (non-hydrogen) atoms. The van der Waals surface area contributed by atoms with Gasteiger partial charge >= 0.3 is 5.97 Å². The number of aliphatic carboxylic acids is 1. The zero-order chi connectivity index (χ0) is 20.8. The van der Waals surface area contributed by atoms with Gasteiger partial charge in [-0.2, -0.15) is 0 Å². The lowest BCUT2D eigenvalue weighted by Gasteiger charge is -2.23. The Morgan fingerprint density at radius 1 is 1.10 bits per heavy atom. The average Bonchev–Trinajstić information content (AvgIpc) is 3.17. The first-order valence-electron chi connectivity index (χ1n) is 9.50. The highest BCUT2D eigenvalue weighted by atomic mass is 32.1. The number of carboxylic acids is 1. The highest BCUT2D eigenvalue weighted by molar-refractivity contribution is 7.21. The van der Waals surface area contributed by atoms with Crippen LogP contribution in [0.1, 0.15) is 19.8 Å². The fourth-order valence-electron chi connectivity index (χ4n) is 3.11. The molecule has 0 saturated carbocycles.